The molecule has 1 saturated heterocycles. The lowest BCUT2D eigenvalue weighted by Crippen LogP contribution is -2.28. The predicted octanol–water partition coefficient (Wildman–Crippen LogP) is 1.72. The maximum Gasteiger partial charge on any atom is 0.352 e. The molecule has 2 aromatic rings. The maximum absolute atomic E-state index is 14.9. The highest BCUT2D eigenvalue weighted by atomic mass is 19.1. The summed E-state index contributed by atoms with van der Waals surface area (Å²) in [6.07, 6.45) is 2.34. The first kappa shape index (κ1) is 16.8. The van der Waals surface area contributed by atoms with Gasteiger partial charge in [-0.3, -0.25) is 4.79 Å². The topological polar surface area (TPSA) is 97.8 Å². The van der Waals surface area contributed by atoms with Gasteiger partial charge in [0.2, 0.25) is 0 Å². The molecular formula is C18H20FN3O4. The van der Waals surface area contributed by atoms with Crippen LogP contribution in [0.4, 0.5) is 10.1 Å². The minimum atomic E-state index is -1.19. The van der Waals surface area contributed by atoms with Gasteiger partial charge < -0.3 is 25.0 Å². The molecule has 1 aromatic heterocycles. The fourth-order valence-electron chi connectivity index (χ4n) is 3.78. The summed E-state index contributed by atoms with van der Waals surface area (Å²) >= 11 is 0. The van der Waals surface area contributed by atoms with E-state index in [0.29, 0.717) is 18.6 Å². The third kappa shape index (κ3) is 2.52. The van der Waals surface area contributed by atoms with Crippen LogP contribution in [0.5, 0.6) is 5.75 Å². The number of rotatable bonds is 4. The lowest BCUT2D eigenvalue weighted by molar-refractivity contribution is 0.0684. The van der Waals surface area contributed by atoms with Crippen molar-refractivity contribution in [3.05, 3.63) is 33.9 Å². The van der Waals surface area contributed by atoms with Crippen LogP contribution in [0.15, 0.2) is 16.9 Å². The number of aromatic carboxylic acids is 1. The maximum atomic E-state index is 14.9. The van der Waals surface area contributed by atoms with Crippen molar-refractivity contribution >= 4 is 22.6 Å². The van der Waals surface area contributed by atoms with Gasteiger partial charge in [-0.05, 0) is 25.3 Å². The van der Waals surface area contributed by atoms with Gasteiger partial charge in [0.25, 0.3) is 0 Å². The number of hydrogen-bond acceptors (Lipinski definition) is 5. The molecule has 1 aliphatic carbocycles. The number of hydrogen-bond donors (Lipinski definition) is 2. The van der Waals surface area contributed by atoms with Crippen LogP contribution in [0.25, 0.3) is 10.9 Å². The van der Waals surface area contributed by atoms with Gasteiger partial charge in [-0.25, -0.2) is 9.18 Å². The summed E-state index contributed by atoms with van der Waals surface area (Å²) in [4.78, 5) is 26.0. The zero-order valence-corrected chi connectivity index (χ0v) is 14.4. The summed E-state index contributed by atoms with van der Waals surface area (Å²) in [5, 5.41) is 9.69. The standard InChI is InChI=1S/C18H20FN3O4/c1-26-17-15-11(6-12(19)16(17)21-5-4-9(20)8-21)14(23)7-13(18(24)25)22(15)10-2-3-10/h6-7,9-10H,2-5,8,20H2,1H3,(H,24,25). The van der Waals surface area contributed by atoms with Crippen molar-refractivity contribution < 1.29 is 19.0 Å². The summed E-state index contributed by atoms with van der Waals surface area (Å²) in [5.74, 6) is -1.56. The van der Waals surface area contributed by atoms with E-state index in [-0.39, 0.29) is 34.6 Å². The van der Waals surface area contributed by atoms with Gasteiger partial charge in [-0.15, -0.1) is 0 Å². The highest BCUT2D eigenvalue weighted by Gasteiger charge is 2.33. The van der Waals surface area contributed by atoms with Crippen molar-refractivity contribution in [1.82, 2.24) is 4.57 Å². The van der Waals surface area contributed by atoms with E-state index >= 15 is 0 Å². The zero-order chi connectivity index (χ0) is 18.6. The van der Waals surface area contributed by atoms with Gasteiger partial charge >= 0.3 is 5.97 Å². The smallest absolute Gasteiger partial charge is 0.352 e. The van der Waals surface area contributed by atoms with Gasteiger partial charge in [-0.1, -0.05) is 0 Å². The second-order valence-corrected chi connectivity index (χ2v) is 6.93. The molecule has 138 valence electrons. The summed E-state index contributed by atoms with van der Waals surface area (Å²) < 4.78 is 22.0. The number of nitrogens with two attached hydrogens (primary N) is 1. The molecule has 0 spiro atoms. The quantitative estimate of drug-likeness (QED) is 0.861. The number of carboxylic acid groups (broad SMARTS) is 1. The molecule has 1 unspecified atom stereocenters. The van der Waals surface area contributed by atoms with Crippen LogP contribution in [0.1, 0.15) is 35.8 Å². The number of halogens is 1. The molecule has 1 aliphatic heterocycles. The molecule has 26 heavy (non-hydrogen) atoms. The number of nitrogens with zero attached hydrogens (tertiary/aromatic N) is 2. The Balaban J connectivity index is 2.09. The first-order valence-electron chi connectivity index (χ1n) is 8.62. The normalized spacial score (nSPS) is 20.0. The first-order valence-corrected chi connectivity index (χ1v) is 8.62. The molecule has 8 heteroatoms. The molecule has 2 aliphatic rings. The molecule has 4 rings (SSSR count). The van der Waals surface area contributed by atoms with Crippen LogP contribution in [-0.4, -0.2) is 41.9 Å². The molecule has 7 nitrogen and oxygen atoms in total. The summed E-state index contributed by atoms with van der Waals surface area (Å²) in [7, 11) is 1.41. The minimum absolute atomic E-state index is 0.0303. The molecule has 2 fully saturated rings. The van der Waals surface area contributed by atoms with E-state index in [1.807, 2.05) is 0 Å². The van der Waals surface area contributed by atoms with E-state index in [4.69, 9.17) is 10.5 Å². The van der Waals surface area contributed by atoms with Crippen molar-refractivity contribution in [2.24, 2.45) is 5.73 Å². The number of ether oxygens (including phenoxy) is 1. The zero-order valence-electron chi connectivity index (χ0n) is 14.4. The van der Waals surface area contributed by atoms with E-state index in [1.165, 1.54) is 13.2 Å². The van der Waals surface area contributed by atoms with Crippen LogP contribution < -0.4 is 20.8 Å². The summed E-state index contributed by atoms with van der Waals surface area (Å²) in [6, 6.07) is 2.15. The van der Waals surface area contributed by atoms with Gasteiger partial charge in [0.15, 0.2) is 17.0 Å². The Hall–Kier alpha value is -2.61. The summed E-state index contributed by atoms with van der Waals surface area (Å²) in [5.41, 5.74) is 5.91. The number of aromatic nitrogens is 1. The van der Waals surface area contributed by atoms with Gasteiger partial charge in [0, 0.05) is 31.2 Å². The average Bonchev–Trinajstić information content (AvgIpc) is 3.34. The monoisotopic (exact) mass is 361 g/mol. The Morgan fingerprint density at radius 3 is 2.62 bits per heavy atom. The lowest BCUT2D eigenvalue weighted by Gasteiger charge is -2.25. The molecule has 0 radical (unpaired) electrons. The molecule has 0 bridgehead atoms. The van der Waals surface area contributed by atoms with Gasteiger partial charge in [0.1, 0.15) is 11.4 Å². The van der Waals surface area contributed by atoms with Crippen LogP contribution in [-0.2, 0) is 0 Å². The number of fused-ring (bicyclic) bond motifs is 1. The van der Waals surface area contributed by atoms with Crippen molar-refractivity contribution in [2.75, 3.05) is 25.1 Å². The Labute approximate surface area is 148 Å². The van der Waals surface area contributed by atoms with E-state index in [1.54, 1.807) is 9.47 Å². The van der Waals surface area contributed by atoms with Crippen molar-refractivity contribution in [3.8, 4) is 5.75 Å². The first-order chi connectivity index (χ1) is 12.4. The van der Waals surface area contributed by atoms with E-state index in [9.17, 15) is 19.1 Å². The highest BCUT2D eigenvalue weighted by Crippen LogP contribution is 2.44. The number of carbonyl (C=O) groups is 1. The fraction of sp³-hybridized carbons (Fsp3) is 0.444. The van der Waals surface area contributed by atoms with Crippen LogP contribution >= 0.6 is 0 Å². The molecule has 1 atom stereocenters. The van der Waals surface area contributed by atoms with Crippen LogP contribution in [0.2, 0.25) is 0 Å². The Bertz CT molecular complexity index is 967. The second-order valence-electron chi connectivity index (χ2n) is 6.93. The predicted molar refractivity (Wildman–Crippen MR) is 94.8 cm³/mol. The molecule has 1 saturated carbocycles. The third-order valence-electron chi connectivity index (χ3n) is 5.09. The van der Waals surface area contributed by atoms with E-state index in [0.717, 1.165) is 25.3 Å². The number of anilines is 1. The largest absolute Gasteiger partial charge is 0.492 e. The van der Waals surface area contributed by atoms with Crippen LogP contribution in [0, 0.1) is 5.82 Å². The SMILES string of the molecule is COc1c(N2CCC(N)C2)c(F)cc2c(=O)cc(C(=O)O)n(C3CC3)c12. The number of carboxylic acids is 1. The molecule has 1 aromatic carbocycles. The average molecular weight is 361 g/mol. The van der Waals surface area contributed by atoms with Crippen molar-refractivity contribution in [3.63, 3.8) is 0 Å². The van der Waals surface area contributed by atoms with Gasteiger partial charge in [-0.2, -0.15) is 0 Å². The molecule has 2 heterocycles. The number of pyridine rings is 1. The fourth-order valence-corrected chi connectivity index (χ4v) is 3.78. The lowest BCUT2D eigenvalue weighted by atomic mass is 10.1. The summed E-state index contributed by atoms with van der Waals surface area (Å²) in [6.45, 7) is 1.05. The van der Waals surface area contributed by atoms with Crippen molar-refractivity contribution in [2.45, 2.75) is 31.3 Å². The van der Waals surface area contributed by atoms with E-state index in [2.05, 4.69) is 0 Å². The molecule has 3 N–H and O–H groups in total. The molecule has 0 amide bonds. The molecular weight excluding hydrogens is 341 g/mol. The number of methoxy groups -OCH3 is 1. The van der Waals surface area contributed by atoms with E-state index < -0.39 is 17.2 Å². The van der Waals surface area contributed by atoms with Gasteiger partial charge in [0.05, 0.1) is 18.0 Å². The second kappa shape index (κ2) is 5.98. The minimum Gasteiger partial charge on any atom is -0.492 e. The van der Waals surface area contributed by atoms with Crippen molar-refractivity contribution in [1.29, 1.82) is 0 Å². The Morgan fingerprint density at radius 1 is 1.35 bits per heavy atom. The number of benzene rings is 1. The Morgan fingerprint density at radius 2 is 2.08 bits per heavy atom. The third-order valence-corrected chi connectivity index (χ3v) is 5.09. The van der Waals surface area contributed by atoms with Crippen LogP contribution in [0.3, 0.4) is 0 Å². The Kier molecular flexibility index (Phi) is 3.87. The highest BCUT2D eigenvalue weighted by molar-refractivity contribution is 5.96.